The van der Waals surface area contributed by atoms with Crippen LogP contribution in [0.4, 0.5) is 0 Å². The Morgan fingerprint density at radius 2 is 1.50 bits per heavy atom. The van der Waals surface area contributed by atoms with Gasteiger partial charge in [0.15, 0.2) is 0 Å². The van der Waals surface area contributed by atoms with E-state index < -0.39 is 0 Å². The van der Waals surface area contributed by atoms with Gasteiger partial charge in [0.05, 0.1) is 11.2 Å². The van der Waals surface area contributed by atoms with E-state index in [-0.39, 0.29) is 0 Å². The Labute approximate surface area is 120 Å². The molecule has 1 nitrogen and oxygen atoms in total. The van der Waals surface area contributed by atoms with Crippen LogP contribution in [-0.2, 0) is 12.8 Å². The van der Waals surface area contributed by atoms with Crippen LogP contribution in [-0.4, -0.2) is 4.98 Å². The topological polar surface area (TPSA) is 12.9 Å². The van der Waals surface area contributed by atoms with Gasteiger partial charge in [0.2, 0.25) is 0 Å². The van der Waals surface area contributed by atoms with Crippen LogP contribution in [0.1, 0.15) is 25.0 Å². The number of hydrogen-bond donors (Lipinski definition) is 0. The average molecular weight is 261 g/mol. The smallest absolute Gasteiger partial charge is 0.0709 e. The molecule has 0 radical (unpaired) electrons. The molecule has 1 heterocycles. The maximum absolute atomic E-state index is 4.80. The van der Waals surface area contributed by atoms with Crippen LogP contribution in [0.5, 0.6) is 0 Å². The van der Waals surface area contributed by atoms with Gasteiger partial charge in [-0.25, -0.2) is 4.98 Å². The molecule has 0 bridgehead atoms. The zero-order valence-corrected chi connectivity index (χ0v) is 12.1. The molecule has 0 aliphatic carbocycles. The molecule has 1 heteroatoms. The first-order chi connectivity index (χ1) is 9.80. The number of fused-ring (bicyclic) bond motifs is 1. The summed E-state index contributed by atoms with van der Waals surface area (Å²) in [7, 11) is 0. The zero-order chi connectivity index (χ0) is 13.9. The molecule has 20 heavy (non-hydrogen) atoms. The average Bonchev–Trinajstić information content (AvgIpc) is 2.53. The molecular formula is C19H19N. The summed E-state index contributed by atoms with van der Waals surface area (Å²) in [5.41, 5.74) is 6.12. The molecule has 0 atom stereocenters. The minimum Gasteiger partial charge on any atom is -0.248 e. The minimum atomic E-state index is 1.06. The van der Waals surface area contributed by atoms with Crippen LogP contribution < -0.4 is 0 Å². The first-order valence-electron chi connectivity index (χ1n) is 7.29. The number of benzene rings is 2. The summed E-state index contributed by atoms with van der Waals surface area (Å²) >= 11 is 0. The van der Waals surface area contributed by atoms with Crippen molar-refractivity contribution in [1.29, 1.82) is 0 Å². The number of pyridine rings is 1. The van der Waals surface area contributed by atoms with Crippen LogP contribution in [0.25, 0.3) is 22.2 Å². The van der Waals surface area contributed by atoms with Gasteiger partial charge < -0.3 is 0 Å². The van der Waals surface area contributed by atoms with E-state index in [1.807, 2.05) is 6.07 Å². The SMILES string of the molecule is CCc1cc(CC)cc(-c2ccc3ccccc3n2)c1. The van der Waals surface area contributed by atoms with Gasteiger partial charge in [0, 0.05) is 10.9 Å². The number of aryl methyl sites for hydroxylation is 2. The third-order valence-corrected chi connectivity index (χ3v) is 3.76. The summed E-state index contributed by atoms with van der Waals surface area (Å²) in [5.74, 6) is 0. The maximum atomic E-state index is 4.80. The standard InChI is InChI=1S/C19H19N/c1-3-14-11-15(4-2)13-17(12-14)19-10-9-16-7-5-6-8-18(16)20-19/h5-13H,3-4H2,1-2H3. The molecule has 0 unspecified atom stereocenters. The summed E-state index contributed by atoms with van der Waals surface area (Å²) in [4.78, 5) is 4.80. The largest absolute Gasteiger partial charge is 0.248 e. The number of aromatic nitrogens is 1. The summed E-state index contributed by atoms with van der Waals surface area (Å²) in [6, 6.07) is 19.4. The number of nitrogens with zero attached hydrogens (tertiary/aromatic N) is 1. The monoisotopic (exact) mass is 261 g/mol. The van der Waals surface area contributed by atoms with E-state index in [1.54, 1.807) is 0 Å². The Balaban J connectivity index is 2.14. The fourth-order valence-electron chi connectivity index (χ4n) is 2.55. The summed E-state index contributed by atoms with van der Waals surface area (Å²) in [6.07, 6.45) is 2.13. The lowest BCUT2D eigenvalue weighted by molar-refractivity contribution is 1.09. The summed E-state index contributed by atoms with van der Waals surface area (Å²) in [5, 5.41) is 1.19. The molecule has 2 aromatic carbocycles. The van der Waals surface area contributed by atoms with Gasteiger partial charge in [-0.1, -0.05) is 44.2 Å². The van der Waals surface area contributed by atoms with Gasteiger partial charge in [0.25, 0.3) is 0 Å². The molecule has 0 aliphatic heterocycles. The molecular weight excluding hydrogens is 242 g/mol. The second-order valence-electron chi connectivity index (χ2n) is 5.13. The van der Waals surface area contributed by atoms with Gasteiger partial charge in [-0.2, -0.15) is 0 Å². The van der Waals surface area contributed by atoms with E-state index in [0.717, 1.165) is 24.1 Å². The lowest BCUT2D eigenvalue weighted by Gasteiger charge is -2.08. The molecule has 1 aromatic heterocycles. The van der Waals surface area contributed by atoms with Crippen molar-refractivity contribution in [3.8, 4) is 11.3 Å². The van der Waals surface area contributed by atoms with Crippen LogP contribution in [0, 0.1) is 0 Å². The maximum Gasteiger partial charge on any atom is 0.0709 e. The zero-order valence-electron chi connectivity index (χ0n) is 12.1. The van der Waals surface area contributed by atoms with Crippen molar-refractivity contribution in [2.24, 2.45) is 0 Å². The number of rotatable bonds is 3. The quantitative estimate of drug-likeness (QED) is 0.644. The van der Waals surface area contributed by atoms with E-state index in [1.165, 1.54) is 22.1 Å². The second-order valence-corrected chi connectivity index (χ2v) is 5.13. The third kappa shape index (κ3) is 2.44. The second kappa shape index (κ2) is 5.46. The first-order valence-corrected chi connectivity index (χ1v) is 7.29. The molecule has 0 fully saturated rings. The first kappa shape index (κ1) is 12.9. The number of hydrogen-bond acceptors (Lipinski definition) is 1. The van der Waals surface area contributed by atoms with E-state index in [0.29, 0.717) is 0 Å². The fourth-order valence-corrected chi connectivity index (χ4v) is 2.55. The van der Waals surface area contributed by atoms with Crippen molar-refractivity contribution in [3.05, 3.63) is 65.7 Å². The Hall–Kier alpha value is -2.15. The van der Waals surface area contributed by atoms with Crippen molar-refractivity contribution in [2.75, 3.05) is 0 Å². The number of para-hydroxylation sites is 1. The van der Waals surface area contributed by atoms with E-state index >= 15 is 0 Å². The molecule has 0 amide bonds. The van der Waals surface area contributed by atoms with Gasteiger partial charge >= 0.3 is 0 Å². The van der Waals surface area contributed by atoms with Crippen molar-refractivity contribution in [2.45, 2.75) is 26.7 Å². The van der Waals surface area contributed by atoms with Crippen molar-refractivity contribution < 1.29 is 0 Å². The molecule has 0 saturated heterocycles. The Bertz CT molecular complexity index is 721. The molecule has 0 saturated carbocycles. The van der Waals surface area contributed by atoms with E-state index in [9.17, 15) is 0 Å². The Kier molecular flexibility index (Phi) is 3.51. The third-order valence-electron chi connectivity index (χ3n) is 3.76. The molecule has 3 rings (SSSR count). The van der Waals surface area contributed by atoms with Crippen LogP contribution >= 0.6 is 0 Å². The molecule has 0 spiro atoms. The van der Waals surface area contributed by atoms with Gasteiger partial charge in [-0.05, 0) is 48.2 Å². The Morgan fingerprint density at radius 3 is 2.20 bits per heavy atom. The van der Waals surface area contributed by atoms with Crippen molar-refractivity contribution >= 4 is 10.9 Å². The predicted molar refractivity (Wildman–Crippen MR) is 85.9 cm³/mol. The van der Waals surface area contributed by atoms with Crippen LogP contribution in [0.2, 0.25) is 0 Å². The Morgan fingerprint density at radius 1 is 0.800 bits per heavy atom. The van der Waals surface area contributed by atoms with Gasteiger partial charge in [0.1, 0.15) is 0 Å². The lowest BCUT2D eigenvalue weighted by Crippen LogP contribution is -1.91. The highest BCUT2D eigenvalue weighted by atomic mass is 14.7. The highest BCUT2D eigenvalue weighted by molar-refractivity contribution is 5.81. The highest BCUT2D eigenvalue weighted by Crippen LogP contribution is 2.24. The van der Waals surface area contributed by atoms with Crippen LogP contribution in [0.3, 0.4) is 0 Å². The summed E-state index contributed by atoms with van der Waals surface area (Å²) in [6.45, 7) is 4.40. The minimum absolute atomic E-state index is 1.06. The highest BCUT2D eigenvalue weighted by Gasteiger charge is 2.04. The molecule has 0 N–H and O–H groups in total. The lowest BCUT2D eigenvalue weighted by atomic mass is 10.00. The fraction of sp³-hybridized carbons (Fsp3) is 0.211. The van der Waals surface area contributed by atoms with Gasteiger partial charge in [-0.15, -0.1) is 0 Å². The van der Waals surface area contributed by atoms with Crippen molar-refractivity contribution in [1.82, 2.24) is 4.98 Å². The van der Waals surface area contributed by atoms with Crippen molar-refractivity contribution in [3.63, 3.8) is 0 Å². The normalized spacial score (nSPS) is 10.9. The van der Waals surface area contributed by atoms with E-state index in [2.05, 4.69) is 62.4 Å². The molecule has 100 valence electrons. The van der Waals surface area contributed by atoms with Gasteiger partial charge in [-0.3, -0.25) is 0 Å². The predicted octanol–water partition coefficient (Wildman–Crippen LogP) is 5.03. The van der Waals surface area contributed by atoms with E-state index in [4.69, 9.17) is 4.98 Å². The molecule has 0 aliphatic rings. The molecule has 3 aromatic rings. The van der Waals surface area contributed by atoms with Crippen LogP contribution in [0.15, 0.2) is 54.6 Å². The summed E-state index contributed by atoms with van der Waals surface area (Å²) < 4.78 is 0.